The Kier molecular flexibility index (Phi) is 4.53. The zero-order chi connectivity index (χ0) is 12.9. The summed E-state index contributed by atoms with van der Waals surface area (Å²) in [5.74, 6) is 0. The van der Waals surface area contributed by atoms with Gasteiger partial charge in [-0.3, -0.25) is 0 Å². The zero-order valence-electron chi connectivity index (χ0n) is 10.9. The fourth-order valence-corrected chi connectivity index (χ4v) is 1.76. The molecule has 0 saturated heterocycles. The van der Waals surface area contributed by atoms with Gasteiger partial charge >= 0.3 is 0 Å². The number of hydrogen-bond donors (Lipinski definition) is 2. The number of para-hydroxylation sites is 1. The molecule has 0 amide bonds. The summed E-state index contributed by atoms with van der Waals surface area (Å²) in [4.78, 5) is 0. The quantitative estimate of drug-likeness (QED) is 0.819. The van der Waals surface area contributed by atoms with Gasteiger partial charge in [0.25, 0.3) is 0 Å². The third kappa shape index (κ3) is 3.21. The first-order valence-electron chi connectivity index (χ1n) is 6.08. The summed E-state index contributed by atoms with van der Waals surface area (Å²) in [6.45, 7) is 6.88. The number of nitrogens with zero attached hydrogens (tertiary/aromatic N) is 1. The highest BCUT2D eigenvalue weighted by Gasteiger charge is 2.20. The van der Waals surface area contributed by atoms with Gasteiger partial charge in [0, 0.05) is 12.1 Å². The van der Waals surface area contributed by atoms with Crippen molar-refractivity contribution >= 4 is 5.69 Å². The SMILES string of the molecule is CCC(N)(CC)CNc1c(C)cccc1C#N. The van der Waals surface area contributed by atoms with E-state index in [1.54, 1.807) is 0 Å². The smallest absolute Gasteiger partial charge is 0.101 e. The number of anilines is 1. The summed E-state index contributed by atoms with van der Waals surface area (Å²) >= 11 is 0. The molecule has 0 radical (unpaired) electrons. The molecule has 3 nitrogen and oxygen atoms in total. The number of nitrogens with two attached hydrogens (primary N) is 1. The molecule has 0 heterocycles. The second kappa shape index (κ2) is 5.70. The standard InChI is InChI=1S/C14H21N3/c1-4-14(16,5-2)10-17-13-11(3)7-6-8-12(13)9-15/h6-8,17H,4-5,10,16H2,1-3H3. The molecule has 0 spiro atoms. The number of aryl methyl sites for hydroxylation is 1. The molecule has 0 atom stereocenters. The summed E-state index contributed by atoms with van der Waals surface area (Å²) in [6, 6.07) is 7.93. The van der Waals surface area contributed by atoms with Crippen molar-refractivity contribution in [1.29, 1.82) is 5.26 Å². The van der Waals surface area contributed by atoms with E-state index in [2.05, 4.69) is 25.2 Å². The minimum absolute atomic E-state index is 0.199. The van der Waals surface area contributed by atoms with Crippen LogP contribution in [0.15, 0.2) is 18.2 Å². The monoisotopic (exact) mass is 231 g/mol. The van der Waals surface area contributed by atoms with Gasteiger partial charge in [0.1, 0.15) is 6.07 Å². The Morgan fingerprint density at radius 3 is 2.53 bits per heavy atom. The Morgan fingerprint density at radius 1 is 1.35 bits per heavy atom. The molecule has 3 N–H and O–H groups in total. The Balaban J connectivity index is 2.86. The van der Waals surface area contributed by atoms with Crippen LogP contribution in [0.2, 0.25) is 0 Å². The lowest BCUT2D eigenvalue weighted by molar-refractivity contribution is 0.418. The average Bonchev–Trinajstić information content (AvgIpc) is 2.36. The van der Waals surface area contributed by atoms with Gasteiger partial charge in [-0.15, -0.1) is 0 Å². The summed E-state index contributed by atoms with van der Waals surface area (Å²) in [5, 5.41) is 12.4. The van der Waals surface area contributed by atoms with E-state index >= 15 is 0 Å². The second-order valence-electron chi connectivity index (χ2n) is 4.53. The predicted octanol–water partition coefficient (Wildman–Crippen LogP) is 2.80. The van der Waals surface area contributed by atoms with E-state index in [0.29, 0.717) is 12.1 Å². The first-order valence-corrected chi connectivity index (χ1v) is 6.08. The van der Waals surface area contributed by atoms with Crippen LogP contribution in [-0.4, -0.2) is 12.1 Å². The van der Waals surface area contributed by atoms with Crippen LogP contribution in [-0.2, 0) is 0 Å². The van der Waals surface area contributed by atoms with Crippen LogP contribution in [0.4, 0.5) is 5.69 Å². The molecule has 1 rings (SSSR count). The predicted molar refractivity (Wildman–Crippen MR) is 71.9 cm³/mol. The van der Waals surface area contributed by atoms with Crippen LogP contribution in [0.25, 0.3) is 0 Å². The summed E-state index contributed by atoms with van der Waals surface area (Å²) in [5.41, 5.74) is 8.71. The molecule has 1 aromatic carbocycles. The fourth-order valence-electron chi connectivity index (χ4n) is 1.76. The van der Waals surface area contributed by atoms with Gasteiger partial charge < -0.3 is 11.1 Å². The van der Waals surface area contributed by atoms with E-state index in [1.807, 2.05) is 25.1 Å². The summed E-state index contributed by atoms with van der Waals surface area (Å²) < 4.78 is 0. The number of hydrogen-bond acceptors (Lipinski definition) is 3. The van der Waals surface area contributed by atoms with Gasteiger partial charge in [-0.1, -0.05) is 26.0 Å². The third-order valence-electron chi connectivity index (χ3n) is 3.42. The van der Waals surface area contributed by atoms with Crippen molar-refractivity contribution in [1.82, 2.24) is 0 Å². The Hall–Kier alpha value is -1.53. The lowest BCUT2D eigenvalue weighted by atomic mass is 9.94. The van der Waals surface area contributed by atoms with Crippen LogP contribution in [0.1, 0.15) is 37.8 Å². The van der Waals surface area contributed by atoms with Crippen molar-refractivity contribution in [3.05, 3.63) is 29.3 Å². The molecule has 0 unspecified atom stereocenters. The van der Waals surface area contributed by atoms with Crippen LogP contribution in [0, 0.1) is 18.3 Å². The van der Waals surface area contributed by atoms with Crippen molar-refractivity contribution in [3.8, 4) is 6.07 Å². The molecule has 0 aliphatic rings. The lowest BCUT2D eigenvalue weighted by Gasteiger charge is -2.28. The van der Waals surface area contributed by atoms with E-state index in [1.165, 1.54) is 0 Å². The summed E-state index contributed by atoms with van der Waals surface area (Å²) in [7, 11) is 0. The van der Waals surface area contributed by atoms with E-state index in [-0.39, 0.29) is 5.54 Å². The Morgan fingerprint density at radius 2 is 2.00 bits per heavy atom. The zero-order valence-corrected chi connectivity index (χ0v) is 10.9. The highest BCUT2D eigenvalue weighted by atomic mass is 14.9. The van der Waals surface area contributed by atoms with Crippen LogP contribution < -0.4 is 11.1 Å². The van der Waals surface area contributed by atoms with Crippen molar-refractivity contribution in [2.45, 2.75) is 39.2 Å². The Labute approximate surface area is 104 Å². The van der Waals surface area contributed by atoms with Gasteiger partial charge in [-0.25, -0.2) is 0 Å². The fraction of sp³-hybridized carbons (Fsp3) is 0.500. The van der Waals surface area contributed by atoms with Crippen molar-refractivity contribution in [3.63, 3.8) is 0 Å². The molecule has 0 aromatic heterocycles. The van der Waals surface area contributed by atoms with E-state index in [0.717, 1.165) is 24.1 Å². The van der Waals surface area contributed by atoms with E-state index < -0.39 is 0 Å². The lowest BCUT2D eigenvalue weighted by Crippen LogP contribution is -2.45. The molecule has 0 saturated carbocycles. The first-order chi connectivity index (χ1) is 8.06. The molecule has 92 valence electrons. The molecule has 17 heavy (non-hydrogen) atoms. The maximum absolute atomic E-state index is 9.07. The number of nitrogens with one attached hydrogen (secondary N) is 1. The molecule has 1 aromatic rings. The molecular formula is C14H21N3. The van der Waals surface area contributed by atoms with Crippen LogP contribution in [0.3, 0.4) is 0 Å². The van der Waals surface area contributed by atoms with E-state index in [4.69, 9.17) is 11.0 Å². The normalized spacial score (nSPS) is 11.0. The molecule has 0 bridgehead atoms. The summed E-state index contributed by atoms with van der Waals surface area (Å²) in [6.07, 6.45) is 1.84. The molecular weight excluding hydrogens is 210 g/mol. The van der Waals surface area contributed by atoms with Crippen molar-refractivity contribution in [2.75, 3.05) is 11.9 Å². The largest absolute Gasteiger partial charge is 0.382 e. The number of rotatable bonds is 5. The first kappa shape index (κ1) is 13.5. The number of nitriles is 1. The maximum Gasteiger partial charge on any atom is 0.101 e. The minimum atomic E-state index is -0.199. The van der Waals surface area contributed by atoms with Gasteiger partial charge in [-0.2, -0.15) is 5.26 Å². The van der Waals surface area contributed by atoms with Crippen molar-refractivity contribution in [2.24, 2.45) is 5.73 Å². The van der Waals surface area contributed by atoms with Gasteiger partial charge in [0.15, 0.2) is 0 Å². The topological polar surface area (TPSA) is 61.8 Å². The molecule has 0 fully saturated rings. The molecule has 0 aliphatic heterocycles. The Bertz CT molecular complexity index is 414. The van der Waals surface area contributed by atoms with Gasteiger partial charge in [0.05, 0.1) is 11.3 Å². The van der Waals surface area contributed by atoms with Crippen LogP contribution >= 0.6 is 0 Å². The second-order valence-corrected chi connectivity index (χ2v) is 4.53. The highest BCUT2D eigenvalue weighted by molar-refractivity contribution is 5.62. The van der Waals surface area contributed by atoms with Gasteiger partial charge in [-0.05, 0) is 31.4 Å². The molecule has 3 heteroatoms. The van der Waals surface area contributed by atoms with Crippen molar-refractivity contribution < 1.29 is 0 Å². The average molecular weight is 231 g/mol. The van der Waals surface area contributed by atoms with E-state index in [9.17, 15) is 0 Å². The van der Waals surface area contributed by atoms with Gasteiger partial charge in [0.2, 0.25) is 0 Å². The third-order valence-corrected chi connectivity index (χ3v) is 3.42. The number of benzene rings is 1. The van der Waals surface area contributed by atoms with Crippen LogP contribution in [0.5, 0.6) is 0 Å². The molecule has 0 aliphatic carbocycles. The minimum Gasteiger partial charge on any atom is -0.382 e. The maximum atomic E-state index is 9.07. The highest BCUT2D eigenvalue weighted by Crippen LogP contribution is 2.21.